The van der Waals surface area contributed by atoms with Crippen LogP contribution in [-0.4, -0.2) is 132 Å². The number of amidine groups is 1. The third-order valence-corrected chi connectivity index (χ3v) is 7.65. The van der Waals surface area contributed by atoms with Crippen LogP contribution in [0.3, 0.4) is 0 Å². The summed E-state index contributed by atoms with van der Waals surface area (Å²) in [5.41, 5.74) is 6.85. The molecule has 0 saturated carbocycles. The van der Waals surface area contributed by atoms with Crippen molar-refractivity contribution in [1.29, 1.82) is 5.41 Å². The Morgan fingerprint density at radius 2 is 1.32 bits per heavy atom. The van der Waals surface area contributed by atoms with Crippen molar-refractivity contribution in [3.05, 3.63) is 35.4 Å². The van der Waals surface area contributed by atoms with Crippen LogP contribution in [0.25, 0.3) is 0 Å². The summed E-state index contributed by atoms with van der Waals surface area (Å²) in [6.45, 7) is 6.18. The first-order chi connectivity index (χ1) is 19.6. The zero-order chi connectivity index (χ0) is 29.8. The lowest BCUT2D eigenvalue weighted by Gasteiger charge is -2.33. The smallest absolute Gasteiger partial charge is 0.407 e. The third-order valence-electron chi connectivity index (χ3n) is 7.65. The Balaban J connectivity index is 0.000000226. The summed E-state index contributed by atoms with van der Waals surface area (Å²) in [6, 6.07) is 6.93. The van der Waals surface area contributed by atoms with Crippen molar-refractivity contribution < 1.29 is 29.4 Å². The molecule has 3 heterocycles. The van der Waals surface area contributed by atoms with Crippen molar-refractivity contribution >= 4 is 30.0 Å². The number of carbonyl (C=O) groups is 4. The van der Waals surface area contributed by atoms with Crippen LogP contribution in [0.5, 0.6) is 0 Å². The van der Waals surface area contributed by atoms with E-state index in [1.807, 2.05) is 0 Å². The number of amides is 5. The second-order valence-electron chi connectivity index (χ2n) is 10.4. The van der Waals surface area contributed by atoms with Crippen molar-refractivity contribution in [1.82, 2.24) is 30.2 Å². The van der Waals surface area contributed by atoms with E-state index in [4.69, 9.17) is 21.4 Å². The normalized spacial score (nSPS) is 17.8. The van der Waals surface area contributed by atoms with Gasteiger partial charge < -0.3 is 46.2 Å². The number of nitrogens with zero attached hydrogens (tertiary/aromatic N) is 4. The van der Waals surface area contributed by atoms with Crippen molar-refractivity contribution in [2.45, 2.75) is 25.7 Å². The highest BCUT2D eigenvalue weighted by atomic mass is 16.4. The van der Waals surface area contributed by atoms with Gasteiger partial charge in [-0.25, -0.2) is 14.4 Å². The number of carbonyl (C=O) groups excluding carboxylic acids is 2. The maximum absolute atomic E-state index is 12.2. The molecule has 1 aromatic rings. The van der Waals surface area contributed by atoms with Gasteiger partial charge in [0.15, 0.2) is 0 Å². The van der Waals surface area contributed by atoms with E-state index < -0.39 is 12.2 Å². The van der Waals surface area contributed by atoms with Gasteiger partial charge in [0, 0.05) is 64.5 Å². The molecule has 1 aromatic carbocycles. The van der Waals surface area contributed by atoms with Gasteiger partial charge in [0.2, 0.25) is 5.91 Å². The molecule has 0 aromatic heterocycles. The Kier molecular flexibility index (Phi) is 12.0. The molecule has 0 aliphatic carbocycles. The number of hydrogen-bond donors (Lipinski definition) is 6. The van der Waals surface area contributed by atoms with E-state index in [2.05, 4.69) is 10.6 Å². The molecule has 0 spiro atoms. The standard InChI is InChI=1S/C14H18N4O3.C13H24N4O3/c15-13(16)11-3-1-10(2-4-11)9-12(19)17-5-7-18(8-6-17)14(20)21;18-12(15-6-3-11-1-4-14-5-2-11)16-7-9-17(10-8-16)13(19)20/h1-4H,5-9H2,(H3,15,16)(H,20,21);11,14H,1-10H2,(H,15,18)(H,19,20). The molecule has 3 fully saturated rings. The minimum atomic E-state index is -0.943. The van der Waals surface area contributed by atoms with E-state index >= 15 is 0 Å². The van der Waals surface area contributed by atoms with Gasteiger partial charge in [-0.15, -0.1) is 0 Å². The van der Waals surface area contributed by atoms with Crippen molar-refractivity contribution in [2.24, 2.45) is 11.7 Å². The highest BCUT2D eigenvalue weighted by Crippen LogP contribution is 2.15. The maximum Gasteiger partial charge on any atom is 0.407 e. The van der Waals surface area contributed by atoms with E-state index in [1.165, 1.54) is 22.6 Å². The molecule has 14 nitrogen and oxygen atoms in total. The number of nitrogens with two attached hydrogens (primary N) is 1. The van der Waals surface area contributed by atoms with Gasteiger partial charge in [0.1, 0.15) is 5.84 Å². The Hall–Kier alpha value is -4.07. The number of benzene rings is 1. The minimum Gasteiger partial charge on any atom is -0.465 e. The fraction of sp³-hybridized carbons (Fsp3) is 0.593. The molecule has 3 aliphatic heterocycles. The molecule has 14 heteroatoms. The van der Waals surface area contributed by atoms with E-state index in [9.17, 15) is 19.2 Å². The van der Waals surface area contributed by atoms with Crippen LogP contribution in [0.15, 0.2) is 24.3 Å². The molecule has 3 aliphatic rings. The average Bonchev–Trinajstić information content (AvgIpc) is 2.98. The molecule has 0 radical (unpaired) electrons. The van der Waals surface area contributed by atoms with Crippen LogP contribution in [0, 0.1) is 11.3 Å². The SMILES string of the molecule is N=C(N)c1ccc(CC(=O)N2CCN(C(=O)O)CC2)cc1.O=C(O)N1CCN(C(=O)NCCC2CCNCC2)CC1. The molecular weight excluding hydrogens is 532 g/mol. The van der Waals surface area contributed by atoms with Crippen LogP contribution in [0.2, 0.25) is 0 Å². The number of hydrogen-bond acceptors (Lipinski definition) is 6. The van der Waals surface area contributed by atoms with E-state index in [-0.39, 0.29) is 24.2 Å². The molecule has 226 valence electrons. The van der Waals surface area contributed by atoms with Gasteiger partial charge >= 0.3 is 18.2 Å². The summed E-state index contributed by atoms with van der Waals surface area (Å²) < 4.78 is 0. The van der Waals surface area contributed by atoms with Crippen LogP contribution in [0.1, 0.15) is 30.4 Å². The fourth-order valence-corrected chi connectivity index (χ4v) is 5.00. The maximum atomic E-state index is 12.2. The average molecular weight is 575 g/mol. The summed E-state index contributed by atoms with van der Waals surface area (Å²) in [7, 11) is 0. The number of rotatable bonds is 6. The van der Waals surface area contributed by atoms with Gasteiger partial charge in [0.05, 0.1) is 6.42 Å². The van der Waals surface area contributed by atoms with Crippen molar-refractivity contribution in [2.75, 3.05) is 72.0 Å². The first-order valence-electron chi connectivity index (χ1n) is 14.0. The zero-order valence-corrected chi connectivity index (χ0v) is 23.4. The van der Waals surface area contributed by atoms with Gasteiger partial charge in [-0.05, 0) is 43.8 Å². The van der Waals surface area contributed by atoms with Gasteiger partial charge in [-0.3, -0.25) is 10.2 Å². The summed E-state index contributed by atoms with van der Waals surface area (Å²) >= 11 is 0. The predicted molar refractivity (Wildman–Crippen MR) is 152 cm³/mol. The highest BCUT2D eigenvalue weighted by molar-refractivity contribution is 5.95. The van der Waals surface area contributed by atoms with E-state index in [0.29, 0.717) is 70.4 Å². The lowest BCUT2D eigenvalue weighted by molar-refractivity contribution is -0.132. The van der Waals surface area contributed by atoms with Crippen molar-refractivity contribution in [3.63, 3.8) is 0 Å². The Labute approximate surface area is 239 Å². The highest BCUT2D eigenvalue weighted by Gasteiger charge is 2.25. The number of carboxylic acid groups (broad SMARTS) is 2. The van der Waals surface area contributed by atoms with E-state index in [1.54, 1.807) is 34.1 Å². The zero-order valence-electron chi connectivity index (χ0n) is 23.4. The Morgan fingerprint density at radius 3 is 1.80 bits per heavy atom. The first-order valence-corrected chi connectivity index (χ1v) is 14.0. The monoisotopic (exact) mass is 574 g/mol. The lowest BCUT2D eigenvalue weighted by Crippen LogP contribution is -2.53. The van der Waals surface area contributed by atoms with Crippen LogP contribution in [0.4, 0.5) is 14.4 Å². The number of piperidine rings is 1. The molecule has 0 unspecified atom stereocenters. The summed E-state index contributed by atoms with van der Waals surface area (Å²) in [5, 5.41) is 31.3. The molecule has 5 amide bonds. The summed E-state index contributed by atoms with van der Waals surface area (Å²) in [6.07, 6.45) is 1.83. The van der Waals surface area contributed by atoms with Crippen molar-refractivity contribution in [3.8, 4) is 0 Å². The molecule has 4 rings (SSSR count). The Morgan fingerprint density at radius 1 is 0.829 bits per heavy atom. The molecule has 41 heavy (non-hydrogen) atoms. The molecule has 7 N–H and O–H groups in total. The summed E-state index contributed by atoms with van der Waals surface area (Å²) in [4.78, 5) is 51.7. The van der Waals surface area contributed by atoms with Crippen LogP contribution >= 0.6 is 0 Å². The molecular formula is C27H42N8O6. The topological polar surface area (TPSA) is 196 Å². The van der Waals surface area contributed by atoms with Gasteiger partial charge in [-0.1, -0.05) is 24.3 Å². The van der Waals surface area contributed by atoms with Crippen LogP contribution < -0.4 is 16.4 Å². The summed E-state index contributed by atoms with van der Waals surface area (Å²) in [5.74, 6) is 0.689. The van der Waals surface area contributed by atoms with Gasteiger partial charge in [-0.2, -0.15) is 0 Å². The predicted octanol–water partition coefficient (Wildman–Crippen LogP) is 0.717. The Bertz CT molecular complexity index is 1050. The second-order valence-corrected chi connectivity index (χ2v) is 10.4. The van der Waals surface area contributed by atoms with Gasteiger partial charge in [0.25, 0.3) is 0 Å². The minimum absolute atomic E-state index is 0.00216. The first kappa shape index (κ1) is 31.5. The van der Waals surface area contributed by atoms with E-state index in [0.717, 1.165) is 25.1 Å². The third kappa shape index (κ3) is 10.1. The molecule has 0 bridgehead atoms. The fourth-order valence-electron chi connectivity index (χ4n) is 5.00. The van der Waals surface area contributed by atoms with Crippen LogP contribution in [-0.2, 0) is 11.2 Å². The largest absolute Gasteiger partial charge is 0.465 e. The number of nitrogen functional groups attached to an aromatic ring is 1. The number of urea groups is 1. The quantitative estimate of drug-likeness (QED) is 0.211. The number of piperazine rings is 2. The second kappa shape index (κ2) is 15.6. The number of nitrogens with one attached hydrogen (secondary N) is 3. The molecule has 3 saturated heterocycles. The molecule has 0 atom stereocenters. The lowest BCUT2D eigenvalue weighted by atomic mass is 9.95.